The zero-order valence-electron chi connectivity index (χ0n) is 7.92. The molecule has 0 aliphatic heterocycles. The summed E-state index contributed by atoms with van der Waals surface area (Å²) in [5.74, 6) is 0. The summed E-state index contributed by atoms with van der Waals surface area (Å²) in [5, 5.41) is 0. The van der Waals surface area contributed by atoms with Crippen molar-refractivity contribution < 1.29 is 9.05 Å². The molecular formula is C8H11Br2O2PS. The first-order valence-corrected chi connectivity index (χ1v) is 7.77. The average molecular weight is 362 g/mol. The Morgan fingerprint density at radius 1 is 1.29 bits per heavy atom. The van der Waals surface area contributed by atoms with Gasteiger partial charge in [0.25, 0.3) is 0 Å². The minimum Gasteiger partial charge on any atom is -0.330 e. The highest BCUT2D eigenvalue weighted by molar-refractivity contribution is 9.11. The number of thiophene rings is 1. The van der Waals surface area contributed by atoms with Crippen LogP contribution in [0.4, 0.5) is 0 Å². The molecule has 6 heteroatoms. The van der Waals surface area contributed by atoms with Crippen molar-refractivity contribution in [1.82, 2.24) is 0 Å². The maximum atomic E-state index is 5.56. The van der Waals surface area contributed by atoms with E-state index in [1.165, 1.54) is 0 Å². The average Bonchev–Trinajstić information content (AvgIpc) is 2.45. The van der Waals surface area contributed by atoms with Gasteiger partial charge in [-0.05, 0) is 51.8 Å². The Morgan fingerprint density at radius 3 is 2.21 bits per heavy atom. The predicted molar refractivity (Wildman–Crippen MR) is 69.5 cm³/mol. The van der Waals surface area contributed by atoms with Crippen molar-refractivity contribution in [3.05, 3.63) is 14.3 Å². The molecule has 0 aliphatic carbocycles. The summed E-state index contributed by atoms with van der Waals surface area (Å²) in [6.07, 6.45) is 0. The molecule has 0 amide bonds. The maximum absolute atomic E-state index is 5.56. The van der Waals surface area contributed by atoms with Crippen molar-refractivity contribution in [2.45, 2.75) is 13.8 Å². The van der Waals surface area contributed by atoms with Crippen LogP contribution in [0.3, 0.4) is 0 Å². The second-order valence-electron chi connectivity index (χ2n) is 2.30. The molecule has 0 spiro atoms. The van der Waals surface area contributed by atoms with Gasteiger partial charge in [0.05, 0.1) is 21.6 Å². The summed E-state index contributed by atoms with van der Waals surface area (Å²) in [5.41, 5.74) is 0. The lowest BCUT2D eigenvalue weighted by Gasteiger charge is -2.13. The van der Waals surface area contributed by atoms with E-state index in [9.17, 15) is 0 Å². The Morgan fingerprint density at radius 2 is 1.86 bits per heavy atom. The first-order valence-electron chi connectivity index (χ1n) is 4.19. The first kappa shape index (κ1) is 13.1. The van der Waals surface area contributed by atoms with E-state index in [1.54, 1.807) is 11.3 Å². The van der Waals surface area contributed by atoms with Crippen LogP contribution in [0.1, 0.15) is 13.8 Å². The van der Waals surface area contributed by atoms with Gasteiger partial charge >= 0.3 is 0 Å². The van der Waals surface area contributed by atoms with Crippen molar-refractivity contribution in [2.75, 3.05) is 13.2 Å². The number of hydrogen-bond acceptors (Lipinski definition) is 3. The van der Waals surface area contributed by atoms with Crippen LogP contribution in [0.25, 0.3) is 0 Å². The minimum absolute atomic E-state index is 0.674. The zero-order chi connectivity index (χ0) is 10.6. The van der Waals surface area contributed by atoms with E-state index < -0.39 is 8.38 Å². The largest absolute Gasteiger partial charge is 0.330 e. The Kier molecular flexibility index (Phi) is 6.13. The molecule has 0 bridgehead atoms. The second-order valence-corrected chi connectivity index (χ2v) is 7.36. The summed E-state index contributed by atoms with van der Waals surface area (Å²) >= 11 is 8.59. The van der Waals surface area contributed by atoms with Gasteiger partial charge in [0.1, 0.15) is 0 Å². The van der Waals surface area contributed by atoms with E-state index in [2.05, 4.69) is 31.9 Å². The number of hydrogen-bond donors (Lipinski definition) is 0. The molecular weight excluding hydrogens is 351 g/mol. The lowest BCUT2D eigenvalue weighted by molar-refractivity contribution is 0.278. The van der Waals surface area contributed by atoms with E-state index in [0.717, 1.165) is 12.9 Å². The molecule has 0 aliphatic rings. The van der Waals surface area contributed by atoms with Crippen molar-refractivity contribution >= 4 is 56.2 Å². The molecule has 0 N–H and O–H groups in total. The molecule has 0 unspecified atom stereocenters. The molecule has 1 aromatic heterocycles. The lowest BCUT2D eigenvalue weighted by Crippen LogP contribution is -2.02. The van der Waals surface area contributed by atoms with Gasteiger partial charge in [0.15, 0.2) is 0 Å². The summed E-state index contributed by atoms with van der Waals surface area (Å²) in [6, 6.07) is 2.02. The van der Waals surface area contributed by atoms with Crippen molar-refractivity contribution in [1.29, 1.82) is 0 Å². The fraction of sp³-hybridized carbons (Fsp3) is 0.500. The number of rotatable bonds is 5. The van der Waals surface area contributed by atoms with Crippen LogP contribution in [0, 0.1) is 0 Å². The van der Waals surface area contributed by atoms with Crippen LogP contribution in [0.15, 0.2) is 14.3 Å². The third kappa shape index (κ3) is 3.54. The van der Waals surface area contributed by atoms with Crippen LogP contribution in [0.5, 0.6) is 0 Å². The van der Waals surface area contributed by atoms with Crippen molar-refractivity contribution in [3.63, 3.8) is 0 Å². The molecule has 0 aromatic carbocycles. The Balaban J connectivity index is 2.80. The molecule has 0 saturated heterocycles. The maximum Gasteiger partial charge on any atom is 0.217 e. The Labute approximate surface area is 106 Å². The second kappa shape index (κ2) is 6.56. The van der Waals surface area contributed by atoms with E-state index in [-0.39, 0.29) is 0 Å². The zero-order valence-corrected chi connectivity index (χ0v) is 12.8. The van der Waals surface area contributed by atoms with E-state index >= 15 is 0 Å². The molecule has 0 atom stereocenters. The van der Waals surface area contributed by atoms with Gasteiger partial charge in [0.2, 0.25) is 8.38 Å². The van der Waals surface area contributed by atoms with Crippen molar-refractivity contribution in [2.24, 2.45) is 0 Å². The minimum atomic E-state index is -0.914. The quantitative estimate of drug-likeness (QED) is 0.728. The molecule has 14 heavy (non-hydrogen) atoms. The van der Waals surface area contributed by atoms with Crippen LogP contribution >= 0.6 is 51.6 Å². The fourth-order valence-corrected chi connectivity index (χ4v) is 5.74. The van der Waals surface area contributed by atoms with E-state index in [1.807, 2.05) is 19.9 Å². The van der Waals surface area contributed by atoms with Crippen LogP contribution in [-0.4, -0.2) is 13.2 Å². The predicted octanol–water partition coefficient (Wildman–Crippen LogP) is 4.28. The van der Waals surface area contributed by atoms with Gasteiger partial charge in [-0.3, -0.25) is 0 Å². The molecule has 2 nitrogen and oxygen atoms in total. The highest BCUT2D eigenvalue weighted by atomic mass is 79.9. The summed E-state index contributed by atoms with van der Waals surface area (Å²) in [7, 11) is -0.914. The van der Waals surface area contributed by atoms with Gasteiger partial charge in [-0.2, -0.15) is 0 Å². The van der Waals surface area contributed by atoms with E-state index in [0.29, 0.717) is 13.2 Å². The van der Waals surface area contributed by atoms with Crippen LogP contribution in [0.2, 0.25) is 0 Å². The van der Waals surface area contributed by atoms with E-state index in [4.69, 9.17) is 9.05 Å². The Bertz CT molecular complexity index is 287. The standard InChI is InChI=1S/C8H11Br2O2PS/c1-3-11-13(12-4-2)8-6(9)5-7(10)14-8/h5H,3-4H2,1-2H3. The fourth-order valence-electron chi connectivity index (χ4n) is 0.845. The lowest BCUT2D eigenvalue weighted by atomic mass is 10.7. The summed E-state index contributed by atoms with van der Waals surface area (Å²) < 4.78 is 14.4. The number of halogens is 2. The topological polar surface area (TPSA) is 18.5 Å². The van der Waals surface area contributed by atoms with Gasteiger partial charge in [-0.1, -0.05) is 0 Å². The molecule has 0 saturated carbocycles. The third-order valence-corrected chi connectivity index (χ3v) is 6.21. The smallest absolute Gasteiger partial charge is 0.217 e. The molecule has 0 radical (unpaired) electrons. The summed E-state index contributed by atoms with van der Waals surface area (Å²) in [4.78, 5) is 0. The monoisotopic (exact) mass is 360 g/mol. The normalized spacial score (nSPS) is 11.2. The third-order valence-electron chi connectivity index (χ3n) is 1.30. The molecule has 80 valence electrons. The first-order chi connectivity index (χ1) is 6.69. The van der Waals surface area contributed by atoms with Gasteiger partial charge in [0, 0.05) is 4.47 Å². The molecule has 1 heterocycles. The van der Waals surface area contributed by atoms with Crippen LogP contribution < -0.4 is 4.62 Å². The van der Waals surface area contributed by atoms with Gasteiger partial charge in [-0.15, -0.1) is 11.3 Å². The molecule has 1 aromatic rings. The van der Waals surface area contributed by atoms with Crippen LogP contribution in [-0.2, 0) is 9.05 Å². The van der Waals surface area contributed by atoms with Gasteiger partial charge in [-0.25, -0.2) is 0 Å². The highest BCUT2D eigenvalue weighted by Crippen LogP contribution is 2.43. The summed E-state index contributed by atoms with van der Waals surface area (Å²) in [6.45, 7) is 5.30. The van der Waals surface area contributed by atoms with Crippen molar-refractivity contribution in [3.8, 4) is 0 Å². The van der Waals surface area contributed by atoms with Gasteiger partial charge < -0.3 is 9.05 Å². The molecule has 1 rings (SSSR count). The highest BCUT2D eigenvalue weighted by Gasteiger charge is 2.19. The SMILES string of the molecule is CCOP(OCC)c1sc(Br)cc1Br. The molecule has 0 fully saturated rings. The Hall–Kier alpha value is 1.01.